The van der Waals surface area contributed by atoms with E-state index in [2.05, 4.69) is 29.2 Å². The van der Waals surface area contributed by atoms with Crippen molar-refractivity contribution in [2.45, 2.75) is 44.9 Å². The number of nitrogens with zero attached hydrogens (tertiary/aromatic N) is 3. The summed E-state index contributed by atoms with van der Waals surface area (Å²) >= 11 is 0. The number of hydrogen-bond acceptors (Lipinski definition) is 4. The molecule has 0 saturated heterocycles. The number of aryl methyl sites for hydroxylation is 1. The van der Waals surface area contributed by atoms with Crippen LogP contribution in [0.3, 0.4) is 0 Å². The van der Waals surface area contributed by atoms with Gasteiger partial charge in [-0.15, -0.1) is 0 Å². The van der Waals surface area contributed by atoms with Gasteiger partial charge in [0.15, 0.2) is 0 Å². The predicted octanol–water partition coefficient (Wildman–Crippen LogP) is 5.11. The second-order valence-corrected chi connectivity index (χ2v) is 6.57. The lowest BCUT2D eigenvalue weighted by Crippen LogP contribution is -2.12. The molecule has 1 fully saturated rings. The molecule has 5 nitrogen and oxygen atoms in total. The Morgan fingerprint density at radius 3 is 2.42 bits per heavy atom. The van der Waals surface area contributed by atoms with Crippen LogP contribution in [0.25, 0.3) is 0 Å². The van der Waals surface area contributed by atoms with Crippen LogP contribution in [0, 0.1) is 17.0 Å². The molecule has 0 spiro atoms. The van der Waals surface area contributed by atoms with Gasteiger partial charge in [-0.05, 0) is 49.4 Å². The number of anilines is 2. The summed E-state index contributed by atoms with van der Waals surface area (Å²) in [7, 11) is 1.93. The number of nitro groups is 1. The zero-order valence-corrected chi connectivity index (χ0v) is 14.2. The molecule has 0 N–H and O–H groups in total. The molecule has 0 radical (unpaired) electrons. The average Bonchev–Trinajstić information content (AvgIpc) is 2.61. The highest BCUT2D eigenvalue weighted by atomic mass is 16.6. The minimum absolute atomic E-state index is 0.0554. The van der Waals surface area contributed by atoms with Crippen LogP contribution in [-0.4, -0.2) is 17.0 Å². The molecule has 1 heterocycles. The topological polar surface area (TPSA) is 59.3 Å². The van der Waals surface area contributed by atoms with Gasteiger partial charge in [-0.2, -0.15) is 0 Å². The predicted molar refractivity (Wildman–Crippen MR) is 96.0 cm³/mol. The van der Waals surface area contributed by atoms with Gasteiger partial charge in [0.2, 0.25) is 0 Å². The Morgan fingerprint density at radius 2 is 1.83 bits per heavy atom. The molecule has 5 heteroatoms. The van der Waals surface area contributed by atoms with Crippen LogP contribution in [-0.2, 0) is 0 Å². The zero-order valence-electron chi connectivity index (χ0n) is 14.2. The number of hydrogen-bond donors (Lipinski definition) is 0. The maximum atomic E-state index is 10.9. The van der Waals surface area contributed by atoms with Gasteiger partial charge in [0.1, 0.15) is 12.0 Å². The SMILES string of the molecule is Cc1cc(N(C)c2ccc(C3CCCCC3)cc2)ncc1[N+](=O)[O-]. The molecule has 0 aliphatic heterocycles. The Bertz CT molecular complexity index is 722. The van der Waals surface area contributed by atoms with Crippen molar-refractivity contribution in [3.63, 3.8) is 0 Å². The molecule has 0 bridgehead atoms. The Balaban J connectivity index is 1.78. The summed E-state index contributed by atoms with van der Waals surface area (Å²) < 4.78 is 0. The molecule has 1 aromatic heterocycles. The van der Waals surface area contributed by atoms with Gasteiger partial charge in [-0.3, -0.25) is 10.1 Å². The normalized spacial score (nSPS) is 15.2. The van der Waals surface area contributed by atoms with Crippen molar-refractivity contribution in [3.8, 4) is 0 Å². The first-order valence-corrected chi connectivity index (χ1v) is 8.51. The van der Waals surface area contributed by atoms with Gasteiger partial charge in [0.05, 0.1) is 4.92 Å². The monoisotopic (exact) mass is 325 g/mol. The molecular weight excluding hydrogens is 302 g/mol. The van der Waals surface area contributed by atoms with Gasteiger partial charge in [-0.1, -0.05) is 31.4 Å². The van der Waals surface area contributed by atoms with Crippen LogP contribution in [0.1, 0.15) is 49.1 Å². The Morgan fingerprint density at radius 1 is 1.17 bits per heavy atom. The van der Waals surface area contributed by atoms with Crippen LogP contribution >= 0.6 is 0 Å². The molecule has 126 valence electrons. The van der Waals surface area contributed by atoms with E-state index in [0.29, 0.717) is 17.3 Å². The van der Waals surface area contributed by atoms with E-state index in [1.54, 1.807) is 13.0 Å². The van der Waals surface area contributed by atoms with Crippen LogP contribution in [0.5, 0.6) is 0 Å². The largest absolute Gasteiger partial charge is 0.329 e. The van der Waals surface area contributed by atoms with Crippen molar-refractivity contribution in [2.75, 3.05) is 11.9 Å². The standard InChI is InChI=1S/C19H23N3O2/c1-14-12-19(20-13-18(14)22(23)24)21(2)17-10-8-16(9-11-17)15-6-4-3-5-7-15/h8-13,15H,3-7H2,1-2H3. The quantitative estimate of drug-likeness (QED) is 0.578. The molecule has 24 heavy (non-hydrogen) atoms. The third-order valence-corrected chi connectivity index (χ3v) is 4.97. The summed E-state index contributed by atoms with van der Waals surface area (Å²) in [6.45, 7) is 1.74. The van der Waals surface area contributed by atoms with Crippen molar-refractivity contribution in [3.05, 3.63) is 57.8 Å². The van der Waals surface area contributed by atoms with E-state index in [9.17, 15) is 10.1 Å². The minimum Gasteiger partial charge on any atom is -0.329 e. The van der Waals surface area contributed by atoms with E-state index in [1.807, 2.05) is 11.9 Å². The van der Waals surface area contributed by atoms with Crippen LogP contribution < -0.4 is 4.90 Å². The maximum Gasteiger partial charge on any atom is 0.290 e. The molecule has 2 aromatic rings. The smallest absolute Gasteiger partial charge is 0.290 e. The summed E-state index contributed by atoms with van der Waals surface area (Å²) in [5.41, 5.74) is 3.13. The van der Waals surface area contributed by atoms with Crippen molar-refractivity contribution < 1.29 is 4.92 Å². The highest BCUT2D eigenvalue weighted by Crippen LogP contribution is 2.34. The van der Waals surface area contributed by atoms with Crippen LogP contribution in [0.4, 0.5) is 17.2 Å². The van der Waals surface area contributed by atoms with Crippen molar-refractivity contribution in [2.24, 2.45) is 0 Å². The molecule has 0 atom stereocenters. The maximum absolute atomic E-state index is 10.9. The Kier molecular flexibility index (Phi) is 4.79. The number of aromatic nitrogens is 1. The summed E-state index contributed by atoms with van der Waals surface area (Å²) in [5.74, 6) is 1.40. The summed E-state index contributed by atoms with van der Waals surface area (Å²) in [4.78, 5) is 16.7. The first-order chi connectivity index (χ1) is 11.6. The summed E-state index contributed by atoms with van der Waals surface area (Å²) in [6.07, 6.45) is 7.94. The first-order valence-electron chi connectivity index (χ1n) is 8.51. The lowest BCUT2D eigenvalue weighted by molar-refractivity contribution is -0.385. The fourth-order valence-electron chi connectivity index (χ4n) is 3.45. The molecule has 1 saturated carbocycles. The molecule has 1 aliphatic carbocycles. The van der Waals surface area contributed by atoms with Gasteiger partial charge in [-0.25, -0.2) is 4.98 Å². The van der Waals surface area contributed by atoms with Crippen molar-refractivity contribution >= 4 is 17.2 Å². The van der Waals surface area contributed by atoms with Crippen molar-refractivity contribution in [1.29, 1.82) is 0 Å². The molecule has 1 aromatic carbocycles. The lowest BCUT2D eigenvalue weighted by Gasteiger charge is -2.23. The molecule has 0 unspecified atom stereocenters. The van der Waals surface area contributed by atoms with E-state index in [1.165, 1.54) is 43.9 Å². The van der Waals surface area contributed by atoms with Crippen LogP contribution in [0.2, 0.25) is 0 Å². The van der Waals surface area contributed by atoms with Crippen molar-refractivity contribution in [1.82, 2.24) is 4.98 Å². The molecule has 1 aliphatic rings. The average molecular weight is 325 g/mol. The van der Waals surface area contributed by atoms with Gasteiger partial charge < -0.3 is 4.90 Å². The van der Waals surface area contributed by atoms with E-state index in [-0.39, 0.29) is 5.69 Å². The summed E-state index contributed by atoms with van der Waals surface area (Å²) in [5, 5.41) is 10.9. The molecule has 0 amide bonds. The van der Waals surface area contributed by atoms with Crippen LogP contribution in [0.15, 0.2) is 36.5 Å². The molecular formula is C19H23N3O2. The van der Waals surface area contributed by atoms with E-state index >= 15 is 0 Å². The van der Waals surface area contributed by atoms with E-state index in [0.717, 1.165) is 5.69 Å². The number of benzene rings is 1. The second-order valence-electron chi connectivity index (χ2n) is 6.57. The second kappa shape index (κ2) is 6.99. The molecule has 3 rings (SSSR count). The van der Waals surface area contributed by atoms with E-state index in [4.69, 9.17) is 0 Å². The minimum atomic E-state index is -0.398. The van der Waals surface area contributed by atoms with Gasteiger partial charge >= 0.3 is 0 Å². The Labute approximate surface area is 142 Å². The van der Waals surface area contributed by atoms with Gasteiger partial charge in [0, 0.05) is 18.3 Å². The van der Waals surface area contributed by atoms with Gasteiger partial charge in [0.25, 0.3) is 5.69 Å². The zero-order chi connectivity index (χ0) is 17.1. The fraction of sp³-hybridized carbons (Fsp3) is 0.421. The number of rotatable bonds is 4. The number of pyridine rings is 1. The third-order valence-electron chi connectivity index (χ3n) is 4.97. The highest BCUT2D eigenvalue weighted by molar-refractivity contribution is 5.61. The summed E-state index contributed by atoms with van der Waals surface area (Å²) in [6, 6.07) is 10.4. The highest BCUT2D eigenvalue weighted by Gasteiger charge is 2.17. The fourth-order valence-corrected chi connectivity index (χ4v) is 3.45. The first kappa shape index (κ1) is 16.4. The Hall–Kier alpha value is -2.43. The lowest BCUT2D eigenvalue weighted by atomic mass is 9.84. The third kappa shape index (κ3) is 3.40. The van der Waals surface area contributed by atoms with E-state index < -0.39 is 4.92 Å².